The molecule has 21 aliphatic heterocycles. The maximum absolute atomic E-state index is 12.6. The molecule has 0 aromatic rings. The minimum atomic E-state index is -1.50. The lowest BCUT2D eigenvalue weighted by atomic mass is 9.94. The summed E-state index contributed by atoms with van der Waals surface area (Å²) in [5, 5.41) is 12.6. The average Bonchev–Trinajstić information content (AvgIpc) is 0.785. The summed E-state index contributed by atoms with van der Waals surface area (Å²) in [5.74, 6) is 0. The van der Waals surface area contributed by atoms with Crippen LogP contribution in [0.4, 0.5) is 0 Å². The first-order chi connectivity index (χ1) is 47.1. The molecule has 21 aliphatic rings. The van der Waals surface area contributed by atoms with E-state index in [2.05, 4.69) is 0 Å². The molecule has 35 atom stereocenters. The van der Waals surface area contributed by atoms with Gasteiger partial charge < -0.3 is 166 Å². The van der Waals surface area contributed by atoms with Crippen LogP contribution in [0.2, 0.25) is 0 Å². The molecule has 21 heterocycles. The molecule has 35 nitrogen and oxygen atoms in total. The molecule has 1 N–H and O–H groups in total. The SMILES string of the molecule is COC[C@@H]1O[C@@H]2O[C@H]3[C@H](OC)[C@@H](OC)[C@@H](O[C@H]4[C@H](OC)[C@@H](OC)[C@@H](O[C@H]5[C@@H](OC)[C@@H](OC)[C@@H](O[C@H]6[C@@H](OC)[C@H](OC)[C@@H](O[C@H]7[C@H](OC)[C@H](OC)[C@@H](O[C@H]8[C@H](O)[C@@H](OC)[C@@H](O[C@H]1[C@H](OC)[C@H]2OC)O[C@@H]8COC)O[C@@H]7COC)O[C@@H]6COC)O[C@@H]5COC)O[C@H]4COC)O[C@H]3COC. The van der Waals surface area contributed by atoms with Crippen LogP contribution in [0, 0.1) is 0 Å². The van der Waals surface area contributed by atoms with Crippen LogP contribution >= 0.6 is 0 Å². The number of rotatable bonds is 27. The van der Waals surface area contributed by atoms with Crippen molar-refractivity contribution in [2.45, 2.75) is 215 Å². The van der Waals surface area contributed by atoms with Gasteiger partial charge in [0.2, 0.25) is 0 Å². The highest BCUT2D eigenvalue weighted by molar-refractivity contribution is 5.04. The lowest BCUT2D eigenvalue weighted by Crippen LogP contribution is -2.69. The Morgan fingerprint density at radius 2 is 0.309 bits per heavy atom. The molecule has 21 fully saturated rings. The standard InChI is InChI=1S/C62H110O35/c1-64-21-28-36-35(63)43(71-8)56(84-28)92-37-29(22-65-2)86-58(51(79-16)44(37)72-9)94-39-31(24-67-4)88-60(53(81-18)46(39)74-11)96-41-33(26-69-6)90-62(55(83-20)48(41)76-13)97-42-34(27-70-7)89-61(54(82-19)49(42)77-14)95-40-32(25-68-5)87-59(52(80-17)47(40)75-12)93-38-30(23-66-3)85-57(91-36)50(78-15)45(38)73-10/h28-63H,21-27H2,1-20H3/t28-,29+,30-,31+,32-,33+,34-,35+,36-,37-,38-,39-,40-,41-,42-,43-,44+,45+,46+,47-,48+,49-,50+,51-,52+,53-,54-,55-,56-,57-,58-,59-,60-,61-,62-/m1/s1. The van der Waals surface area contributed by atoms with E-state index in [-0.39, 0.29) is 46.2 Å². The fourth-order valence-electron chi connectivity index (χ4n) is 14.6. The van der Waals surface area contributed by atoms with E-state index in [4.69, 9.17) is 161 Å². The molecule has 21 saturated heterocycles. The van der Waals surface area contributed by atoms with Crippen LogP contribution in [-0.4, -0.2) is 408 Å². The van der Waals surface area contributed by atoms with Crippen molar-refractivity contribution >= 4 is 0 Å². The zero-order chi connectivity index (χ0) is 70.2. The molecule has 0 saturated carbocycles. The number of ether oxygens (including phenoxy) is 34. The fourth-order valence-corrected chi connectivity index (χ4v) is 14.6. The van der Waals surface area contributed by atoms with Crippen LogP contribution in [0.25, 0.3) is 0 Å². The summed E-state index contributed by atoms with van der Waals surface area (Å²) in [6.07, 6.45) is -37.8. The Labute approximate surface area is 568 Å². The van der Waals surface area contributed by atoms with Gasteiger partial charge >= 0.3 is 0 Å². The molecule has 14 bridgehead atoms. The van der Waals surface area contributed by atoms with E-state index < -0.39 is 215 Å². The van der Waals surface area contributed by atoms with E-state index >= 15 is 0 Å². The highest BCUT2D eigenvalue weighted by atomic mass is 16.8. The molecule has 0 amide bonds. The van der Waals surface area contributed by atoms with Crippen LogP contribution < -0.4 is 0 Å². The van der Waals surface area contributed by atoms with E-state index in [9.17, 15) is 5.11 Å². The van der Waals surface area contributed by atoms with E-state index in [1.54, 1.807) is 0 Å². The third-order valence-electron chi connectivity index (χ3n) is 19.1. The third kappa shape index (κ3) is 17.8. The van der Waals surface area contributed by atoms with Crippen molar-refractivity contribution in [2.24, 2.45) is 0 Å². The molecule has 35 heteroatoms. The van der Waals surface area contributed by atoms with Crippen LogP contribution in [-0.2, 0) is 161 Å². The van der Waals surface area contributed by atoms with Crippen molar-refractivity contribution in [1.29, 1.82) is 0 Å². The van der Waals surface area contributed by atoms with Gasteiger partial charge in [0.1, 0.15) is 171 Å². The van der Waals surface area contributed by atoms with Crippen molar-refractivity contribution in [3.8, 4) is 0 Å². The molecule has 97 heavy (non-hydrogen) atoms. The largest absolute Gasteiger partial charge is 0.387 e. The molecular weight excluding hydrogens is 1300 g/mol. The van der Waals surface area contributed by atoms with Gasteiger partial charge in [-0.15, -0.1) is 0 Å². The summed E-state index contributed by atoms with van der Waals surface area (Å²) in [4.78, 5) is 0. The highest BCUT2D eigenvalue weighted by Gasteiger charge is 2.62. The summed E-state index contributed by atoms with van der Waals surface area (Å²) in [6.45, 7) is -0.456. The second kappa shape index (κ2) is 39.6. The zero-order valence-corrected chi connectivity index (χ0v) is 59.5. The minimum absolute atomic E-state index is 0.0444. The quantitative estimate of drug-likeness (QED) is 0.0916. The molecule has 568 valence electrons. The Bertz CT molecular complexity index is 2170. The second-order valence-electron chi connectivity index (χ2n) is 24.3. The lowest BCUT2D eigenvalue weighted by Gasteiger charge is -2.52. The molecule has 0 aromatic heterocycles. The van der Waals surface area contributed by atoms with Crippen LogP contribution in [0.5, 0.6) is 0 Å². The van der Waals surface area contributed by atoms with Crippen LogP contribution in [0.1, 0.15) is 0 Å². The maximum atomic E-state index is 12.6. The molecular formula is C62H110O35. The predicted molar refractivity (Wildman–Crippen MR) is 324 cm³/mol. The molecule has 0 unspecified atom stereocenters. The van der Waals surface area contributed by atoms with Gasteiger partial charge in [-0.1, -0.05) is 0 Å². The lowest BCUT2D eigenvalue weighted by molar-refractivity contribution is -0.402. The van der Waals surface area contributed by atoms with Gasteiger partial charge in [-0.25, -0.2) is 0 Å². The number of hydrogen-bond donors (Lipinski definition) is 1. The monoisotopic (exact) mass is 1410 g/mol. The third-order valence-corrected chi connectivity index (χ3v) is 19.1. The Kier molecular flexibility index (Phi) is 33.2. The zero-order valence-electron chi connectivity index (χ0n) is 59.5. The van der Waals surface area contributed by atoms with Crippen LogP contribution in [0.3, 0.4) is 0 Å². The van der Waals surface area contributed by atoms with Crippen molar-refractivity contribution in [3.63, 3.8) is 0 Å². The summed E-state index contributed by atoms with van der Waals surface area (Å²) in [5.41, 5.74) is 0. The van der Waals surface area contributed by atoms with E-state index in [1.807, 2.05) is 0 Å². The van der Waals surface area contributed by atoms with Crippen LogP contribution in [0.15, 0.2) is 0 Å². The highest BCUT2D eigenvalue weighted by Crippen LogP contribution is 2.43. The first-order valence-corrected chi connectivity index (χ1v) is 32.3. The molecule has 21 rings (SSSR count). The Morgan fingerprint density at radius 1 is 0.175 bits per heavy atom. The maximum Gasteiger partial charge on any atom is 0.187 e. The predicted octanol–water partition coefficient (Wildman–Crippen LogP) is -2.15. The van der Waals surface area contributed by atoms with Gasteiger partial charge in [-0.2, -0.15) is 0 Å². The number of aliphatic hydroxyl groups excluding tert-OH is 1. The Morgan fingerprint density at radius 3 is 0.454 bits per heavy atom. The smallest absolute Gasteiger partial charge is 0.187 e. The number of methoxy groups -OCH3 is 20. The normalized spacial score (nSPS) is 46.4. The van der Waals surface area contributed by atoms with Crippen molar-refractivity contribution in [2.75, 3.05) is 188 Å². The summed E-state index contributed by atoms with van der Waals surface area (Å²) >= 11 is 0. The topological polar surface area (TPSA) is 334 Å². The van der Waals surface area contributed by atoms with Crippen molar-refractivity contribution in [3.05, 3.63) is 0 Å². The van der Waals surface area contributed by atoms with Crippen molar-refractivity contribution in [1.82, 2.24) is 0 Å². The molecule has 0 radical (unpaired) electrons. The Balaban J connectivity index is 1.23. The Hall–Kier alpha value is -1.40. The van der Waals surface area contributed by atoms with Gasteiger partial charge in [0.05, 0.1) is 46.2 Å². The summed E-state index contributed by atoms with van der Waals surface area (Å²) < 4.78 is 218. The first kappa shape index (κ1) is 81.3. The average molecular weight is 1420 g/mol. The molecule has 0 aromatic carbocycles. The fraction of sp³-hybridized carbons (Fsp3) is 1.00. The van der Waals surface area contributed by atoms with E-state index in [0.717, 1.165) is 0 Å². The first-order valence-electron chi connectivity index (χ1n) is 32.3. The molecule has 0 spiro atoms. The van der Waals surface area contributed by atoms with Gasteiger partial charge in [0.15, 0.2) is 44.0 Å². The van der Waals surface area contributed by atoms with E-state index in [0.29, 0.717) is 0 Å². The summed E-state index contributed by atoms with van der Waals surface area (Å²) in [6, 6.07) is 0. The summed E-state index contributed by atoms with van der Waals surface area (Å²) in [7, 11) is 29.8. The minimum Gasteiger partial charge on any atom is -0.387 e. The number of hydrogen-bond acceptors (Lipinski definition) is 35. The van der Waals surface area contributed by atoms with Gasteiger partial charge in [0.25, 0.3) is 0 Å². The van der Waals surface area contributed by atoms with Crippen molar-refractivity contribution < 1.29 is 166 Å². The number of aliphatic hydroxyl groups is 1. The van der Waals surface area contributed by atoms with Gasteiger partial charge in [-0.05, 0) is 0 Å². The van der Waals surface area contributed by atoms with Gasteiger partial charge in [0, 0.05) is 142 Å². The van der Waals surface area contributed by atoms with E-state index in [1.165, 1.54) is 142 Å². The second-order valence-corrected chi connectivity index (χ2v) is 24.3. The van der Waals surface area contributed by atoms with Gasteiger partial charge in [-0.3, -0.25) is 0 Å². The molecule has 0 aliphatic carbocycles.